The van der Waals surface area contributed by atoms with E-state index in [1.165, 1.54) is 33.5 Å². The molecule has 2 aromatic carbocycles. The Labute approximate surface area is 240 Å². The summed E-state index contributed by atoms with van der Waals surface area (Å²) in [5.74, 6) is 0.275. The molecule has 0 saturated carbocycles. The van der Waals surface area contributed by atoms with Gasteiger partial charge in [0.1, 0.15) is 17.5 Å². The van der Waals surface area contributed by atoms with Crippen LogP contribution < -0.4 is 14.8 Å². The van der Waals surface area contributed by atoms with E-state index in [9.17, 15) is 18.0 Å². The standard InChI is InChI=1S/C29H34N4O7S/c1-22(29(35)31-19-24-4-3-13-30-18-24)33(20-23-5-7-25(38-2)8-6-23)28(34)21-40-26-9-11-27(12-10-26)41(36,37)32-14-16-39-17-15-32/h3-13,18,22H,14-17,19-21H2,1-2H3,(H,31,35). The van der Waals surface area contributed by atoms with Crippen LogP contribution in [0, 0.1) is 0 Å². The van der Waals surface area contributed by atoms with Gasteiger partial charge in [0.15, 0.2) is 6.61 Å². The average Bonchev–Trinajstić information content (AvgIpc) is 3.02. The molecule has 11 nitrogen and oxygen atoms in total. The highest BCUT2D eigenvalue weighted by molar-refractivity contribution is 7.89. The number of carbonyl (C=O) groups is 2. The maximum atomic E-state index is 13.4. The van der Waals surface area contributed by atoms with E-state index in [4.69, 9.17) is 14.2 Å². The first-order chi connectivity index (χ1) is 19.8. The number of nitrogens with one attached hydrogen (secondary N) is 1. The van der Waals surface area contributed by atoms with E-state index < -0.39 is 22.0 Å². The fourth-order valence-corrected chi connectivity index (χ4v) is 5.63. The third kappa shape index (κ3) is 8.03. The van der Waals surface area contributed by atoms with Crippen molar-refractivity contribution < 1.29 is 32.2 Å². The van der Waals surface area contributed by atoms with Gasteiger partial charge in [-0.25, -0.2) is 8.42 Å². The van der Waals surface area contributed by atoms with Crippen LogP contribution in [-0.4, -0.2) is 80.5 Å². The first-order valence-electron chi connectivity index (χ1n) is 13.2. The van der Waals surface area contributed by atoms with Crippen molar-refractivity contribution in [1.82, 2.24) is 19.5 Å². The normalized spacial score (nSPS) is 14.6. The first kappa shape index (κ1) is 30.0. The number of benzene rings is 2. The van der Waals surface area contributed by atoms with Gasteiger partial charge < -0.3 is 24.4 Å². The van der Waals surface area contributed by atoms with Crippen molar-refractivity contribution in [3.05, 3.63) is 84.2 Å². The van der Waals surface area contributed by atoms with E-state index in [1.807, 2.05) is 18.2 Å². The molecule has 218 valence electrons. The molecule has 12 heteroatoms. The molecule has 1 saturated heterocycles. The van der Waals surface area contributed by atoms with Crippen LogP contribution in [-0.2, 0) is 37.4 Å². The van der Waals surface area contributed by atoms with Gasteiger partial charge in [0.05, 0.1) is 25.2 Å². The highest BCUT2D eigenvalue weighted by atomic mass is 32.2. The summed E-state index contributed by atoms with van der Waals surface area (Å²) >= 11 is 0. The van der Waals surface area contributed by atoms with Gasteiger partial charge in [0, 0.05) is 38.6 Å². The van der Waals surface area contributed by atoms with Gasteiger partial charge in [0.25, 0.3) is 5.91 Å². The molecule has 41 heavy (non-hydrogen) atoms. The topological polar surface area (TPSA) is 127 Å². The minimum atomic E-state index is -3.64. The largest absolute Gasteiger partial charge is 0.497 e. The second kappa shape index (κ2) is 14.1. The van der Waals surface area contributed by atoms with Crippen molar-refractivity contribution in [3.8, 4) is 11.5 Å². The third-order valence-electron chi connectivity index (χ3n) is 6.66. The smallest absolute Gasteiger partial charge is 0.261 e. The molecule has 1 aliphatic heterocycles. The van der Waals surface area contributed by atoms with Crippen LogP contribution in [0.1, 0.15) is 18.1 Å². The number of aromatic nitrogens is 1. The molecule has 0 spiro atoms. The highest BCUT2D eigenvalue weighted by Gasteiger charge is 2.28. The lowest BCUT2D eigenvalue weighted by atomic mass is 10.1. The van der Waals surface area contributed by atoms with E-state index >= 15 is 0 Å². The van der Waals surface area contributed by atoms with Gasteiger partial charge in [-0.05, 0) is 60.5 Å². The lowest BCUT2D eigenvalue weighted by molar-refractivity contribution is -0.142. The maximum Gasteiger partial charge on any atom is 0.261 e. The molecule has 1 N–H and O–H groups in total. The number of pyridine rings is 1. The zero-order valence-electron chi connectivity index (χ0n) is 23.1. The van der Waals surface area contributed by atoms with Crippen LogP contribution in [0.15, 0.2) is 78.0 Å². The maximum absolute atomic E-state index is 13.4. The summed E-state index contributed by atoms with van der Waals surface area (Å²) in [6.45, 7) is 3.07. The monoisotopic (exact) mass is 582 g/mol. The number of ether oxygens (including phenoxy) is 3. The van der Waals surface area contributed by atoms with E-state index in [-0.39, 0.29) is 30.5 Å². The van der Waals surface area contributed by atoms with Crippen LogP contribution in [0.25, 0.3) is 0 Å². The van der Waals surface area contributed by atoms with Crippen LogP contribution in [0.5, 0.6) is 11.5 Å². The molecule has 4 rings (SSSR count). The lowest BCUT2D eigenvalue weighted by Gasteiger charge is -2.29. The molecule has 1 unspecified atom stereocenters. The SMILES string of the molecule is COc1ccc(CN(C(=O)COc2ccc(S(=O)(=O)N3CCOCC3)cc2)C(C)C(=O)NCc2cccnc2)cc1. The molecule has 0 aliphatic carbocycles. The Morgan fingerprint density at radius 3 is 2.34 bits per heavy atom. The highest BCUT2D eigenvalue weighted by Crippen LogP contribution is 2.21. The van der Waals surface area contributed by atoms with Crippen molar-refractivity contribution in [2.24, 2.45) is 0 Å². The molecule has 1 aliphatic rings. The van der Waals surface area contributed by atoms with Gasteiger partial charge in [0.2, 0.25) is 15.9 Å². The average molecular weight is 583 g/mol. The van der Waals surface area contributed by atoms with E-state index in [0.29, 0.717) is 37.8 Å². The number of sulfonamides is 1. The van der Waals surface area contributed by atoms with Crippen LogP contribution in [0.4, 0.5) is 0 Å². The van der Waals surface area contributed by atoms with E-state index in [1.54, 1.807) is 44.6 Å². The predicted octanol–water partition coefficient (Wildman–Crippen LogP) is 2.22. The Morgan fingerprint density at radius 2 is 1.71 bits per heavy atom. The molecule has 0 radical (unpaired) electrons. The van der Waals surface area contributed by atoms with Crippen molar-refractivity contribution >= 4 is 21.8 Å². The summed E-state index contributed by atoms with van der Waals surface area (Å²) in [7, 11) is -2.07. The van der Waals surface area contributed by atoms with Gasteiger partial charge >= 0.3 is 0 Å². The molecule has 0 bridgehead atoms. The van der Waals surface area contributed by atoms with Gasteiger partial charge in [-0.3, -0.25) is 14.6 Å². The Hall–Kier alpha value is -4.00. The van der Waals surface area contributed by atoms with Gasteiger partial charge in [-0.1, -0.05) is 18.2 Å². The minimum absolute atomic E-state index is 0.137. The zero-order chi connectivity index (χ0) is 29.2. The molecule has 1 aromatic heterocycles. The molecule has 2 heterocycles. The number of hydrogen-bond donors (Lipinski definition) is 1. The van der Waals surface area contributed by atoms with Crippen molar-refractivity contribution in [1.29, 1.82) is 0 Å². The quantitative estimate of drug-likeness (QED) is 0.345. The molecule has 2 amide bonds. The number of rotatable bonds is 12. The summed E-state index contributed by atoms with van der Waals surface area (Å²) in [6.07, 6.45) is 3.32. The molecule has 3 aromatic rings. The van der Waals surface area contributed by atoms with E-state index in [0.717, 1.165) is 11.1 Å². The second-order valence-corrected chi connectivity index (χ2v) is 11.3. The number of carbonyl (C=O) groups excluding carboxylic acids is 2. The van der Waals surface area contributed by atoms with Gasteiger partial charge in [-0.2, -0.15) is 4.31 Å². The van der Waals surface area contributed by atoms with Gasteiger partial charge in [-0.15, -0.1) is 0 Å². The predicted molar refractivity (Wildman–Crippen MR) is 151 cm³/mol. The fraction of sp³-hybridized carbons (Fsp3) is 0.345. The Morgan fingerprint density at radius 1 is 1.02 bits per heavy atom. The number of methoxy groups -OCH3 is 1. The number of morpholine rings is 1. The zero-order valence-corrected chi connectivity index (χ0v) is 23.9. The fourth-order valence-electron chi connectivity index (χ4n) is 4.22. The molecule has 1 atom stereocenters. The summed E-state index contributed by atoms with van der Waals surface area (Å²) in [6, 6.07) is 16.0. The summed E-state index contributed by atoms with van der Waals surface area (Å²) < 4.78 is 43.3. The molecule has 1 fully saturated rings. The number of amides is 2. The van der Waals surface area contributed by atoms with Crippen LogP contribution in [0.3, 0.4) is 0 Å². The minimum Gasteiger partial charge on any atom is -0.497 e. The first-order valence-corrected chi connectivity index (χ1v) is 14.6. The second-order valence-electron chi connectivity index (χ2n) is 9.40. The van der Waals surface area contributed by atoms with Crippen molar-refractivity contribution in [3.63, 3.8) is 0 Å². The number of hydrogen-bond acceptors (Lipinski definition) is 8. The summed E-state index contributed by atoms with van der Waals surface area (Å²) in [5, 5.41) is 2.86. The Balaban J connectivity index is 1.42. The molecular weight excluding hydrogens is 548 g/mol. The Bertz CT molecular complexity index is 1400. The third-order valence-corrected chi connectivity index (χ3v) is 8.58. The lowest BCUT2D eigenvalue weighted by Crippen LogP contribution is -2.48. The van der Waals surface area contributed by atoms with Crippen molar-refractivity contribution in [2.75, 3.05) is 40.0 Å². The van der Waals surface area contributed by atoms with Crippen LogP contribution >= 0.6 is 0 Å². The summed E-state index contributed by atoms with van der Waals surface area (Å²) in [5.41, 5.74) is 1.65. The van der Waals surface area contributed by atoms with E-state index in [2.05, 4.69) is 10.3 Å². The van der Waals surface area contributed by atoms with Crippen LogP contribution in [0.2, 0.25) is 0 Å². The Kier molecular flexibility index (Phi) is 10.3. The molecular formula is C29H34N4O7S. The number of nitrogens with zero attached hydrogens (tertiary/aromatic N) is 3. The summed E-state index contributed by atoms with van der Waals surface area (Å²) in [4.78, 5) is 32.0. The van der Waals surface area contributed by atoms with Crippen molar-refractivity contribution in [2.45, 2.75) is 31.0 Å².